The molecule has 1 amide bonds. The maximum absolute atomic E-state index is 12.4. The molecule has 0 N–H and O–H groups in total. The molecule has 138 valence electrons. The van der Waals surface area contributed by atoms with Gasteiger partial charge in [-0.1, -0.05) is 6.07 Å². The molecule has 1 heterocycles. The molecule has 25 heavy (non-hydrogen) atoms. The van der Waals surface area contributed by atoms with Crippen molar-refractivity contribution in [3.8, 4) is 0 Å². The largest absolute Gasteiger partial charge is 0.444 e. The smallest absolute Gasteiger partial charge is 0.410 e. The molecule has 1 aromatic carbocycles. The van der Waals surface area contributed by atoms with Crippen LogP contribution in [-0.4, -0.2) is 56.0 Å². The summed E-state index contributed by atoms with van der Waals surface area (Å²) in [4.78, 5) is 24.7. The van der Waals surface area contributed by atoms with Crippen molar-refractivity contribution in [3.05, 3.63) is 29.2 Å². The molecule has 0 aromatic heterocycles. The predicted molar refractivity (Wildman–Crippen MR) is 90.1 cm³/mol. The van der Waals surface area contributed by atoms with E-state index in [1.54, 1.807) is 20.8 Å². The highest BCUT2D eigenvalue weighted by molar-refractivity contribution is 7.86. The summed E-state index contributed by atoms with van der Waals surface area (Å²) in [6, 6.07) is 5.60. The molecule has 1 aliphatic rings. The Morgan fingerprint density at radius 3 is 2.60 bits per heavy atom. The van der Waals surface area contributed by atoms with Gasteiger partial charge in [-0.3, -0.25) is 4.18 Å². The van der Waals surface area contributed by atoms with E-state index in [9.17, 15) is 18.1 Å². The zero-order chi connectivity index (χ0) is 18.8. The van der Waals surface area contributed by atoms with Gasteiger partial charge in [-0.15, -0.1) is 0 Å². The molecule has 1 atom stereocenters. The van der Waals surface area contributed by atoms with E-state index < -0.39 is 27.9 Å². The lowest BCUT2D eigenvalue weighted by Crippen LogP contribution is -2.36. The molecule has 8 nitrogen and oxygen atoms in total. The molecular weight excluding hydrogens is 348 g/mol. The normalized spacial score (nSPS) is 18.2. The Hall–Kier alpha value is -2.00. The number of likely N-dealkylation sites (tertiary alicyclic amines) is 1. The third kappa shape index (κ3) is 5.23. The van der Waals surface area contributed by atoms with Crippen molar-refractivity contribution in [2.24, 2.45) is 0 Å². The quantitative estimate of drug-likeness (QED) is 0.596. The Labute approximate surface area is 147 Å². The first kappa shape index (κ1) is 19.3. The zero-order valence-electron chi connectivity index (χ0n) is 14.8. The first-order valence-corrected chi connectivity index (χ1v) is 9.31. The van der Waals surface area contributed by atoms with E-state index >= 15 is 0 Å². The molecule has 2 rings (SSSR count). The lowest BCUT2D eigenvalue weighted by Gasteiger charge is -2.24. The minimum absolute atomic E-state index is 0.0941. The molecule has 0 bridgehead atoms. The van der Waals surface area contributed by atoms with Crippen LogP contribution in [0.1, 0.15) is 27.2 Å². The molecule has 9 heteroatoms. The fraction of sp³-hybridized carbons (Fsp3) is 0.562. The van der Waals surface area contributed by atoms with E-state index in [0.29, 0.717) is 17.7 Å². The van der Waals surface area contributed by atoms with Crippen molar-refractivity contribution in [2.75, 3.05) is 20.1 Å². The number of hydrogen-bond donors (Lipinski definition) is 0. The van der Waals surface area contributed by atoms with Crippen LogP contribution in [0.25, 0.3) is 0 Å². The number of hydrogen-bond acceptors (Lipinski definition) is 6. The summed E-state index contributed by atoms with van der Waals surface area (Å²) < 4.78 is 35.9. The second-order valence-electron chi connectivity index (χ2n) is 6.88. The minimum Gasteiger partial charge on any atom is -0.444 e. The number of carbonyl (C=O) groups excluding carboxylic acids is 1. The molecule has 0 aliphatic carbocycles. The third-order valence-electron chi connectivity index (χ3n) is 3.53. The number of nitrogens with zero attached hydrogens (tertiary/aromatic N) is 2. The summed E-state index contributed by atoms with van der Waals surface area (Å²) in [6.45, 7) is 5.78. The number of benzene rings is 1. The van der Waals surface area contributed by atoms with Crippen LogP contribution in [-0.2, 0) is 19.0 Å². The summed E-state index contributed by atoms with van der Waals surface area (Å²) in [5, 5.41) is 0. The number of carbonyl (C=O) groups is 1. The Bertz CT molecular complexity index is 769. The van der Waals surface area contributed by atoms with Crippen molar-refractivity contribution in [3.63, 3.8) is 0 Å². The Morgan fingerprint density at radius 2 is 2.00 bits per heavy atom. The molecule has 0 unspecified atom stereocenters. The van der Waals surface area contributed by atoms with Crippen molar-refractivity contribution < 1.29 is 26.9 Å². The first-order chi connectivity index (χ1) is 11.5. The summed E-state index contributed by atoms with van der Waals surface area (Å²) >= 11 is 0. The summed E-state index contributed by atoms with van der Waals surface area (Å²) in [5.41, 5.74) is -0.404. The second kappa shape index (κ2) is 7.09. The molecule has 0 saturated carbocycles. The van der Waals surface area contributed by atoms with Gasteiger partial charge in [-0.25, -0.2) is 4.79 Å². The summed E-state index contributed by atoms with van der Waals surface area (Å²) in [6.07, 6.45) is -0.753. The third-order valence-corrected chi connectivity index (χ3v) is 4.89. The minimum atomic E-state index is -4.03. The topological polar surface area (TPSA) is 93.0 Å². The Morgan fingerprint density at radius 1 is 1.32 bits per heavy atom. The summed E-state index contributed by atoms with van der Waals surface area (Å²) in [5.74, 6) is 0. The molecule has 1 fully saturated rings. The number of amides is 1. The van der Waals surface area contributed by atoms with Crippen LogP contribution in [0.15, 0.2) is 29.2 Å². The van der Waals surface area contributed by atoms with E-state index in [0.717, 1.165) is 0 Å². The average Bonchev–Trinajstić information content (AvgIpc) is 2.93. The SMILES string of the molecule is C[N+](=O)c1cccc(S(=O)(=O)O[C@@H]2CCN(C(=O)OC(C)(C)C)C2)c1. The van der Waals surface area contributed by atoms with E-state index in [1.807, 2.05) is 0 Å². The van der Waals surface area contributed by atoms with Crippen molar-refractivity contribution in [1.82, 2.24) is 4.90 Å². The van der Waals surface area contributed by atoms with E-state index in [4.69, 9.17) is 8.92 Å². The van der Waals surface area contributed by atoms with Crippen molar-refractivity contribution >= 4 is 21.9 Å². The standard InChI is InChI=1S/C16H23N2O6S/c1-16(2,3)23-15(19)18-9-8-13(11-18)24-25(21,22)14-7-5-6-12(10-14)17(4)20/h5-7,10,13H,8-9,11H2,1-4H3/q+1/t13-/m1/s1. The van der Waals surface area contributed by atoms with Crippen LogP contribution in [0.3, 0.4) is 0 Å². The van der Waals surface area contributed by atoms with Crippen LogP contribution in [0, 0.1) is 4.91 Å². The second-order valence-corrected chi connectivity index (χ2v) is 8.45. The first-order valence-electron chi connectivity index (χ1n) is 7.90. The number of nitroso groups, excluding NO2 is 1. The van der Waals surface area contributed by atoms with Gasteiger partial charge in [-0.05, 0) is 33.3 Å². The van der Waals surface area contributed by atoms with Gasteiger partial charge < -0.3 is 9.64 Å². The van der Waals surface area contributed by atoms with Gasteiger partial charge in [0.15, 0.2) is 7.05 Å². The lowest BCUT2D eigenvalue weighted by atomic mass is 10.2. The van der Waals surface area contributed by atoms with Gasteiger partial charge in [0.2, 0.25) is 0 Å². The Balaban J connectivity index is 2.04. The van der Waals surface area contributed by atoms with Gasteiger partial charge in [-0.2, -0.15) is 8.42 Å². The van der Waals surface area contributed by atoms with Gasteiger partial charge in [0.05, 0.1) is 12.6 Å². The van der Waals surface area contributed by atoms with Gasteiger partial charge in [0.25, 0.3) is 15.8 Å². The maximum atomic E-state index is 12.4. The van der Waals surface area contributed by atoms with Crippen LogP contribution in [0.4, 0.5) is 10.5 Å². The molecule has 0 spiro atoms. The Kier molecular flexibility index (Phi) is 5.48. The van der Waals surface area contributed by atoms with Gasteiger partial charge >= 0.3 is 6.09 Å². The average molecular weight is 371 g/mol. The maximum Gasteiger partial charge on any atom is 0.410 e. The molecular formula is C16H23N2O6S+. The zero-order valence-corrected chi connectivity index (χ0v) is 15.6. The van der Waals surface area contributed by atoms with E-state index in [-0.39, 0.29) is 17.1 Å². The highest BCUT2D eigenvalue weighted by Gasteiger charge is 2.33. The molecule has 1 aliphatic heterocycles. The molecule has 0 radical (unpaired) electrons. The summed E-state index contributed by atoms with van der Waals surface area (Å²) in [7, 11) is -2.75. The predicted octanol–water partition coefficient (Wildman–Crippen LogP) is 2.44. The monoisotopic (exact) mass is 371 g/mol. The van der Waals surface area contributed by atoms with Gasteiger partial charge in [0.1, 0.15) is 10.5 Å². The van der Waals surface area contributed by atoms with Gasteiger partial charge in [0, 0.05) is 28.3 Å². The fourth-order valence-electron chi connectivity index (χ4n) is 2.37. The highest BCUT2D eigenvalue weighted by Crippen LogP contribution is 2.23. The van der Waals surface area contributed by atoms with E-state index in [2.05, 4.69) is 0 Å². The van der Waals surface area contributed by atoms with Crippen LogP contribution in [0.5, 0.6) is 0 Å². The molecule has 1 aromatic rings. The molecule has 1 saturated heterocycles. The van der Waals surface area contributed by atoms with Crippen LogP contribution >= 0.6 is 0 Å². The number of rotatable bonds is 4. The van der Waals surface area contributed by atoms with Crippen molar-refractivity contribution in [1.29, 1.82) is 0 Å². The highest BCUT2D eigenvalue weighted by atomic mass is 32.2. The van der Waals surface area contributed by atoms with Crippen LogP contribution < -0.4 is 0 Å². The lowest BCUT2D eigenvalue weighted by molar-refractivity contribution is -0.428. The van der Waals surface area contributed by atoms with Crippen LogP contribution in [0.2, 0.25) is 0 Å². The van der Waals surface area contributed by atoms with Crippen molar-refractivity contribution in [2.45, 2.75) is 43.8 Å². The van der Waals surface area contributed by atoms with E-state index in [1.165, 1.54) is 36.2 Å². The number of ether oxygens (including phenoxy) is 1. The fourth-order valence-corrected chi connectivity index (χ4v) is 3.51.